The van der Waals surface area contributed by atoms with Gasteiger partial charge in [-0.25, -0.2) is 18.7 Å². The maximum Gasteiger partial charge on any atom is 0.423 e. The van der Waals surface area contributed by atoms with Crippen LogP contribution in [0.3, 0.4) is 0 Å². The van der Waals surface area contributed by atoms with Gasteiger partial charge in [0.1, 0.15) is 29.5 Å². The number of benzene rings is 1. The number of halogens is 4. The van der Waals surface area contributed by atoms with E-state index in [2.05, 4.69) is 30.6 Å². The highest BCUT2D eigenvalue weighted by molar-refractivity contribution is 5.50. The van der Waals surface area contributed by atoms with Crippen LogP contribution in [0.1, 0.15) is 48.2 Å². The lowest BCUT2D eigenvalue weighted by Gasteiger charge is -2.32. The molecule has 15 heteroatoms. The highest BCUT2D eigenvalue weighted by Crippen LogP contribution is 2.32. The predicted octanol–water partition coefficient (Wildman–Crippen LogP) is 4.63. The van der Waals surface area contributed by atoms with Gasteiger partial charge in [-0.05, 0) is 43.5 Å². The summed E-state index contributed by atoms with van der Waals surface area (Å²) < 4.78 is 68.1. The van der Waals surface area contributed by atoms with Crippen molar-refractivity contribution in [2.45, 2.75) is 57.9 Å². The fraction of sp³-hybridized carbons (Fsp3) is 0.433. The highest BCUT2D eigenvalue weighted by atomic mass is 19.4. The van der Waals surface area contributed by atoms with Crippen LogP contribution < -0.4 is 20.5 Å². The minimum Gasteiger partial charge on any atom is -0.497 e. The zero-order valence-electron chi connectivity index (χ0n) is 24.9. The second-order valence-electron chi connectivity index (χ2n) is 10.9. The van der Waals surface area contributed by atoms with E-state index in [1.807, 2.05) is 6.07 Å². The predicted molar refractivity (Wildman–Crippen MR) is 158 cm³/mol. The molecule has 1 atom stereocenters. The smallest absolute Gasteiger partial charge is 0.423 e. The Morgan fingerprint density at radius 1 is 1.07 bits per heavy atom. The van der Waals surface area contributed by atoms with Crippen LogP contribution in [0.25, 0.3) is 0 Å². The van der Waals surface area contributed by atoms with E-state index in [1.165, 1.54) is 7.11 Å². The third-order valence-corrected chi connectivity index (χ3v) is 7.52. The van der Waals surface area contributed by atoms with Gasteiger partial charge in [-0.3, -0.25) is 4.79 Å². The Labute approximate surface area is 256 Å². The number of methoxy groups -OCH3 is 1. The van der Waals surface area contributed by atoms with Crippen molar-refractivity contribution in [3.05, 3.63) is 87.7 Å². The van der Waals surface area contributed by atoms with E-state index in [-0.39, 0.29) is 25.8 Å². The van der Waals surface area contributed by atoms with Crippen molar-refractivity contribution in [1.82, 2.24) is 29.8 Å². The molecule has 4 heterocycles. The van der Waals surface area contributed by atoms with E-state index < -0.39 is 35.7 Å². The molecule has 0 spiro atoms. The quantitative estimate of drug-likeness (QED) is 0.224. The summed E-state index contributed by atoms with van der Waals surface area (Å²) in [5.74, 6) is 1.40. The van der Waals surface area contributed by atoms with Crippen molar-refractivity contribution < 1.29 is 27.0 Å². The topological polar surface area (TPSA) is 112 Å². The molecule has 1 aromatic carbocycles. The van der Waals surface area contributed by atoms with Crippen molar-refractivity contribution in [2.75, 3.05) is 37.0 Å². The Morgan fingerprint density at radius 3 is 2.44 bits per heavy atom. The van der Waals surface area contributed by atoms with Gasteiger partial charge in [0, 0.05) is 30.9 Å². The van der Waals surface area contributed by atoms with Gasteiger partial charge in [0.2, 0.25) is 0 Å². The monoisotopic (exact) mass is 630 g/mol. The third kappa shape index (κ3) is 7.95. The number of aromatic nitrogens is 6. The van der Waals surface area contributed by atoms with Crippen LogP contribution in [-0.4, -0.2) is 62.6 Å². The third-order valence-electron chi connectivity index (χ3n) is 7.52. The summed E-state index contributed by atoms with van der Waals surface area (Å²) >= 11 is 0. The van der Waals surface area contributed by atoms with Gasteiger partial charge >= 0.3 is 6.18 Å². The molecule has 240 valence electrons. The summed E-state index contributed by atoms with van der Waals surface area (Å²) in [4.78, 5) is 19.3. The van der Waals surface area contributed by atoms with E-state index in [0.29, 0.717) is 22.6 Å². The number of rotatable bonds is 12. The molecule has 1 unspecified atom stereocenters. The zero-order valence-corrected chi connectivity index (χ0v) is 24.9. The van der Waals surface area contributed by atoms with Crippen LogP contribution >= 0.6 is 0 Å². The Morgan fingerprint density at radius 2 is 1.80 bits per heavy atom. The first-order valence-corrected chi connectivity index (χ1v) is 14.5. The summed E-state index contributed by atoms with van der Waals surface area (Å²) in [7, 11) is 1.50. The molecule has 1 saturated heterocycles. The van der Waals surface area contributed by atoms with E-state index in [0.717, 1.165) is 42.6 Å². The van der Waals surface area contributed by atoms with Crippen molar-refractivity contribution in [1.29, 1.82) is 0 Å². The molecular weight excluding hydrogens is 596 g/mol. The van der Waals surface area contributed by atoms with Gasteiger partial charge in [-0.15, -0.1) is 5.10 Å². The molecule has 5 rings (SSSR count). The first-order chi connectivity index (χ1) is 21.6. The SMILES string of the molecule is COc1ccc(Cn2ncc(NC(C)COCc3cn(C4CCN(c5ccc(CF)cn5)CC4)nn3)c(C(F)(F)F)c2=O)cc1. The van der Waals surface area contributed by atoms with Gasteiger partial charge in [0.05, 0.1) is 51.0 Å². The summed E-state index contributed by atoms with van der Waals surface area (Å²) in [6, 6.07) is 9.76. The number of hydrogen-bond acceptors (Lipinski definition) is 9. The molecule has 1 N–H and O–H groups in total. The van der Waals surface area contributed by atoms with Crippen LogP contribution in [0.5, 0.6) is 5.75 Å². The standard InChI is InChI=1S/C30H34F4N8O3/c1-20(37-26-15-36-42(29(43)28(26)30(32,33)34)16-21-3-6-25(44-2)7-4-21)18-45-19-23-17-41(39-38-23)24-9-11-40(12-10-24)27-8-5-22(13-31)14-35-27/h3-8,14-15,17,20,24,37H,9-13,16,18-19H2,1-2H3. The van der Waals surface area contributed by atoms with Gasteiger partial charge in [-0.2, -0.15) is 18.3 Å². The van der Waals surface area contributed by atoms with Gasteiger partial charge < -0.3 is 19.7 Å². The lowest BCUT2D eigenvalue weighted by atomic mass is 10.1. The number of anilines is 2. The second-order valence-corrected chi connectivity index (χ2v) is 10.9. The van der Waals surface area contributed by atoms with Crippen LogP contribution in [0.2, 0.25) is 0 Å². The van der Waals surface area contributed by atoms with Crippen molar-refractivity contribution in [3.8, 4) is 5.75 Å². The zero-order chi connectivity index (χ0) is 32.0. The molecule has 1 aliphatic rings. The summed E-state index contributed by atoms with van der Waals surface area (Å²) in [5.41, 5.74) is -1.25. The molecular formula is C30H34F4N8O3. The van der Waals surface area contributed by atoms with Crippen LogP contribution in [0.15, 0.2) is 59.8 Å². The van der Waals surface area contributed by atoms with Crippen LogP contribution in [-0.2, 0) is 30.7 Å². The summed E-state index contributed by atoms with van der Waals surface area (Å²) in [6.07, 6.45) is 1.12. The number of ether oxygens (including phenoxy) is 2. The number of piperidine rings is 1. The number of hydrogen-bond donors (Lipinski definition) is 1. The molecule has 1 fully saturated rings. The lowest BCUT2D eigenvalue weighted by molar-refractivity contribution is -0.138. The molecule has 0 aliphatic carbocycles. The molecule has 0 radical (unpaired) electrons. The van der Waals surface area contributed by atoms with Crippen molar-refractivity contribution in [3.63, 3.8) is 0 Å². The summed E-state index contributed by atoms with van der Waals surface area (Å²) in [6.45, 7) is 2.67. The largest absolute Gasteiger partial charge is 0.497 e. The first-order valence-electron chi connectivity index (χ1n) is 14.5. The molecule has 3 aromatic heterocycles. The van der Waals surface area contributed by atoms with Crippen LogP contribution in [0, 0.1) is 0 Å². The van der Waals surface area contributed by atoms with Gasteiger partial charge in [0.25, 0.3) is 5.56 Å². The number of nitrogens with one attached hydrogen (secondary N) is 1. The van der Waals surface area contributed by atoms with Gasteiger partial charge in [0.15, 0.2) is 0 Å². The number of pyridine rings is 1. The van der Waals surface area contributed by atoms with E-state index in [4.69, 9.17) is 9.47 Å². The van der Waals surface area contributed by atoms with Crippen molar-refractivity contribution in [2.24, 2.45) is 0 Å². The molecule has 1 aliphatic heterocycles. The van der Waals surface area contributed by atoms with E-state index in [9.17, 15) is 22.4 Å². The van der Waals surface area contributed by atoms with Crippen LogP contribution in [0.4, 0.5) is 29.1 Å². The lowest BCUT2D eigenvalue weighted by Crippen LogP contribution is -2.35. The fourth-order valence-corrected chi connectivity index (χ4v) is 5.14. The minimum absolute atomic E-state index is 0.0473. The Balaban J connectivity index is 1.13. The summed E-state index contributed by atoms with van der Waals surface area (Å²) in [5, 5.41) is 15.1. The molecule has 4 aromatic rings. The Kier molecular flexibility index (Phi) is 9.96. The number of nitrogens with zero attached hydrogens (tertiary/aromatic N) is 7. The maximum atomic E-state index is 14.0. The minimum atomic E-state index is -4.89. The molecule has 11 nitrogen and oxygen atoms in total. The normalized spacial score (nSPS) is 14.8. The maximum absolute atomic E-state index is 14.0. The average molecular weight is 631 g/mol. The highest BCUT2D eigenvalue weighted by Gasteiger charge is 2.38. The van der Waals surface area contributed by atoms with E-state index in [1.54, 1.807) is 54.3 Å². The van der Waals surface area contributed by atoms with E-state index >= 15 is 0 Å². The average Bonchev–Trinajstić information content (AvgIpc) is 3.51. The van der Waals surface area contributed by atoms with Gasteiger partial charge in [-0.1, -0.05) is 23.4 Å². The molecule has 0 bridgehead atoms. The number of alkyl halides is 4. The Bertz CT molecular complexity index is 1600. The first kappa shape index (κ1) is 31.9. The molecule has 0 saturated carbocycles. The Hall–Kier alpha value is -4.53. The molecule has 45 heavy (non-hydrogen) atoms. The fourth-order valence-electron chi connectivity index (χ4n) is 5.14. The van der Waals surface area contributed by atoms with Crippen molar-refractivity contribution >= 4 is 11.5 Å². The molecule has 0 amide bonds. The second kappa shape index (κ2) is 14.1.